The molecular formula is C15H21Cl2IN6O2S. The number of aromatic nitrogens is 2. The molecule has 3 N–H and O–H groups in total. The molecule has 0 saturated heterocycles. The number of hydrogen-bond donors (Lipinski definition) is 3. The average molecular weight is 547 g/mol. The highest BCUT2D eigenvalue weighted by Crippen LogP contribution is 2.24. The minimum absolute atomic E-state index is 0. The van der Waals surface area contributed by atoms with Crippen molar-refractivity contribution in [3.8, 4) is 0 Å². The number of rotatable bonds is 7. The van der Waals surface area contributed by atoms with Crippen molar-refractivity contribution in [1.29, 1.82) is 0 Å². The topological polar surface area (TPSA) is 100 Å². The zero-order valence-corrected chi connectivity index (χ0v) is 19.4. The number of pyridine rings is 1. The Morgan fingerprint density at radius 2 is 2.04 bits per heavy atom. The lowest BCUT2D eigenvalue weighted by Crippen LogP contribution is -2.41. The van der Waals surface area contributed by atoms with Gasteiger partial charge in [0.05, 0.1) is 11.6 Å². The summed E-state index contributed by atoms with van der Waals surface area (Å²) in [4.78, 5) is 8.02. The first kappa shape index (κ1) is 24.0. The van der Waals surface area contributed by atoms with Crippen molar-refractivity contribution in [3.63, 3.8) is 0 Å². The van der Waals surface area contributed by atoms with Crippen molar-refractivity contribution in [2.45, 2.75) is 11.4 Å². The van der Waals surface area contributed by atoms with Gasteiger partial charge in [-0.25, -0.2) is 13.1 Å². The molecule has 0 aromatic carbocycles. The molecule has 2 heterocycles. The van der Waals surface area contributed by atoms with Gasteiger partial charge in [-0.05, 0) is 18.2 Å². The van der Waals surface area contributed by atoms with Crippen LogP contribution in [0.4, 0.5) is 0 Å². The van der Waals surface area contributed by atoms with Crippen molar-refractivity contribution in [2.75, 3.05) is 20.1 Å². The van der Waals surface area contributed by atoms with Crippen LogP contribution in [0.15, 0.2) is 40.5 Å². The highest BCUT2D eigenvalue weighted by Gasteiger charge is 2.13. The number of halogens is 3. The maximum absolute atomic E-state index is 12.1. The fourth-order valence-electron chi connectivity index (χ4n) is 2.11. The molecule has 0 saturated carbocycles. The van der Waals surface area contributed by atoms with E-state index in [-0.39, 0.29) is 35.4 Å². The van der Waals surface area contributed by atoms with Crippen molar-refractivity contribution < 1.29 is 8.42 Å². The van der Waals surface area contributed by atoms with E-state index in [1.54, 1.807) is 23.7 Å². The Balaban J connectivity index is 0.00000364. The number of guanidine groups is 1. The number of nitrogens with one attached hydrogen (secondary N) is 3. The molecule has 27 heavy (non-hydrogen) atoms. The molecule has 0 aliphatic carbocycles. The van der Waals surface area contributed by atoms with Crippen LogP contribution in [0, 0.1) is 0 Å². The van der Waals surface area contributed by atoms with Crippen molar-refractivity contribution in [2.24, 2.45) is 12.0 Å². The van der Waals surface area contributed by atoms with Crippen LogP contribution in [0.5, 0.6) is 0 Å². The third-order valence-electron chi connectivity index (χ3n) is 3.53. The van der Waals surface area contributed by atoms with Gasteiger partial charge >= 0.3 is 0 Å². The highest BCUT2D eigenvalue weighted by molar-refractivity contribution is 14.0. The zero-order chi connectivity index (χ0) is 19.2. The van der Waals surface area contributed by atoms with E-state index in [9.17, 15) is 8.42 Å². The van der Waals surface area contributed by atoms with E-state index < -0.39 is 10.0 Å². The van der Waals surface area contributed by atoms with E-state index in [0.29, 0.717) is 29.2 Å². The molecule has 0 aliphatic rings. The van der Waals surface area contributed by atoms with Crippen LogP contribution in [0.2, 0.25) is 10.2 Å². The Morgan fingerprint density at radius 1 is 1.30 bits per heavy atom. The summed E-state index contributed by atoms with van der Waals surface area (Å²) < 4.78 is 28.4. The molecule has 2 rings (SSSR count). The highest BCUT2D eigenvalue weighted by atomic mass is 127. The third-order valence-corrected chi connectivity index (χ3v) is 5.82. The van der Waals surface area contributed by atoms with Crippen molar-refractivity contribution in [1.82, 2.24) is 24.9 Å². The first-order valence-corrected chi connectivity index (χ1v) is 9.93. The summed E-state index contributed by atoms with van der Waals surface area (Å²) in [5.41, 5.74) is 0.889. The van der Waals surface area contributed by atoms with Gasteiger partial charge in [-0.3, -0.25) is 9.98 Å². The average Bonchev–Trinajstić information content (AvgIpc) is 2.88. The monoisotopic (exact) mass is 546 g/mol. The Morgan fingerprint density at radius 3 is 2.59 bits per heavy atom. The van der Waals surface area contributed by atoms with Crippen LogP contribution >= 0.6 is 47.2 Å². The van der Waals surface area contributed by atoms with Crippen molar-refractivity contribution in [3.05, 3.63) is 46.5 Å². The van der Waals surface area contributed by atoms with Crippen LogP contribution in [0.25, 0.3) is 0 Å². The maximum Gasteiger partial charge on any atom is 0.242 e. The minimum atomic E-state index is -3.57. The summed E-state index contributed by atoms with van der Waals surface area (Å²) >= 11 is 12.0. The lowest BCUT2D eigenvalue weighted by molar-refractivity contribution is 0.580. The number of aliphatic imine (C=N–C) groups is 1. The lowest BCUT2D eigenvalue weighted by atomic mass is 10.4. The Bertz CT molecular complexity index is 874. The van der Waals surface area contributed by atoms with Crippen LogP contribution in [0.1, 0.15) is 5.69 Å². The Hall–Kier alpha value is -1.08. The predicted molar refractivity (Wildman–Crippen MR) is 118 cm³/mol. The summed E-state index contributed by atoms with van der Waals surface area (Å²) in [5.74, 6) is 0.527. The minimum Gasteiger partial charge on any atom is -0.355 e. The molecule has 0 fully saturated rings. The van der Waals surface area contributed by atoms with Crippen LogP contribution in [-0.2, 0) is 23.6 Å². The quantitative estimate of drug-likeness (QED) is 0.213. The standard InChI is InChI=1S/C15H20Cl2N6O2S.HI/c1-18-15(21-9-11-8-13(16)14(17)23(11)2)20-6-7-22-26(24,25)12-4-3-5-19-10-12;/h3-5,8,10,22H,6-7,9H2,1-2H3,(H2,18,20,21);1H. The number of sulfonamides is 1. The molecule has 2 aromatic rings. The van der Waals surface area contributed by atoms with Gasteiger partial charge < -0.3 is 15.2 Å². The van der Waals surface area contributed by atoms with Crippen LogP contribution < -0.4 is 15.4 Å². The molecule has 0 amide bonds. The van der Waals surface area contributed by atoms with E-state index in [1.165, 1.54) is 18.5 Å². The largest absolute Gasteiger partial charge is 0.355 e. The smallest absolute Gasteiger partial charge is 0.242 e. The lowest BCUT2D eigenvalue weighted by Gasteiger charge is -2.13. The van der Waals surface area contributed by atoms with E-state index in [1.807, 2.05) is 7.05 Å². The molecule has 150 valence electrons. The molecule has 0 unspecified atom stereocenters. The maximum atomic E-state index is 12.1. The second-order valence-corrected chi connectivity index (χ2v) is 7.80. The van der Waals surface area contributed by atoms with Gasteiger partial charge in [0.1, 0.15) is 10.0 Å². The summed E-state index contributed by atoms with van der Waals surface area (Å²) in [6.07, 6.45) is 2.82. The summed E-state index contributed by atoms with van der Waals surface area (Å²) in [7, 11) is -0.134. The number of nitrogens with zero attached hydrogens (tertiary/aromatic N) is 3. The fraction of sp³-hybridized carbons (Fsp3) is 0.333. The van der Waals surface area contributed by atoms with E-state index >= 15 is 0 Å². The molecule has 8 nitrogen and oxygen atoms in total. The molecule has 2 aromatic heterocycles. The molecule has 0 bridgehead atoms. The first-order valence-electron chi connectivity index (χ1n) is 7.69. The second-order valence-electron chi connectivity index (χ2n) is 5.27. The van der Waals surface area contributed by atoms with Gasteiger partial charge in [0.2, 0.25) is 10.0 Å². The fourth-order valence-corrected chi connectivity index (χ4v) is 3.52. The van der Waals surface area contributed by atoms with Crippen LogP contribution in [0.3, 0.4) is 0 Å². The molecule has 0 aliphatic heterocycles. The van der Waals surface area contributed by atoms with E-state index in [2.05, 4.69) is 25.3 Å². The normalized spacial score (nSPS) is 11.8. The summed E-state index contributed by atoms with van der Waals surface area (Å²) in [6.45, 7) is 1.01. The zero-order valence-electron chi connectivity index (χ0n) is 14.7. The van der Waals surface area contributed by atoms with Crippen molar-refractivity contribution >= 4 is 63.2 Å². The van der Waals surface area contributed by atoms with Gasteiger partial charge in [0, 0.05) is 45.3 Å². The van der Waals surface area contributed by atoms with Gasteiger partial charge in [0.25, 0.3) is 0 Å². The molecule has 0 radical (unpaired) electrons. The molecule has 0 spiro atoms. The first-order chi connectivity index (χ1) is 12.3. The van der Waals surface area contributed by atoms with Gasteiger partial charge in [-0.15, -0.1) is 24.0 Å². The second kappa shape index (κ2) is 11.1. The Labute approximate surface area is 185 Å². The summed E-state index contributed by atoms with van der Waals surface area (Å²) in [5, 5.41) is 7.09. The molecular weight excluding hydrogens is 526 g/mol. The molecule has 0 atom stereocenters. The third kappa shape index (κ3) is 6.79. The Kier molecular flexibility index (Phi) is 9.81. The number of hydrogen-bond acceptors (Lipinski definition) is 4. The SMILES string of the molecule is CN=C(NCCNS(=O)(=O)c1cccnc1)NCc1cc(Cl)c(Cl)n1C.I. The molecule has 12 heteroatoms. The van der Waals surface area contributed by atoms with Crippen LogP contribution in [-0.4, -0.2) is 44.1 Å². The van der Waals surface area contributed by atoms with E-state index in [0.717, 1.165) is 5.69 Å². The van der Waals surface area contributed by atoms with Gasteiger partial charge in [0.15, 0.2) is 5.96 Å². The van der Waals surface area contributed by atoms with E-state index in [4.69, 9.17) is 23.2 Å². The summed E-state index contributed by atoms with van der Waals surface area (Å²) in [6, 6.07) is 4.83. The van der Waals surface area contributed by atoms with Gasteiger partial charge in [-0.2, -0.15) is 0 Å². The predicted octanol–water partition coefficient (Wildman–Crippen LogP) is 1.99. The van der Waals surface area contributed by atoms with Gasteiger partial charge in [-0.1, -0.05) is 23.2 Å².